The highest BCUT2D eigenvalue weighted by molar-refractivity contribution is 6.01. The molecule has 0 saturated heterocycles. The summed E-state index contributed by atoms with van der Waals surface area (Å²) in [5.41, 5.74) is 26.9. The summed E-state index contributed by atoms with van der Waals surface area (Å²) in [6.45, 7) is 13.8. The van der Waals surface area contributed by atoms with Gasteiger partial charge >= 0.3 is 0 Å². The van der Waals surface area contributed by atoms with Crippen molar-refractivity contribution in [1.82, 2.24) is 39.9 Å². The van der Waals surface area contributed by atoms with Crippen LogP contribution in [0, 0.1) is 0 Å². The van der Waals surface area contributed by atoms with E-state index in [2.05, 4.69) is 159 Å². The van der Waals surface area contributed by atoms with E-state index in [1.54, 1.807) is 0 Å². The van der Waals surface area contributed by atoms with Crippen molar-refractivity contribution in [2.75, 3.05) is 0 Å². The van der Waals surface area contributed by atoms with E-state index in [1.165, 1.54) is 160 Å². The Morgan fingerprint density at radius 3 is 0.607 bits per heavy atom. The van der Waals surface area contributed by atoms with E-state index in [0.717, 1.165) is 167 Å². The van der Waals surface area contributed by atoms with Crippen LogP contribution in [-0.2, 0) is 38.5 Å². The molecule has 8 nitrogen and oxygen atoms in total. The number of fused-ring (bicyclic) bond motifs is 16. The zero-order valence-electron chi connectivity index (χ0n) is 52.2. The monoisotopic (exact) mass is 1120 g/mol. The largest absolute Gasteiger partial charge is 0.355 e. The molecule has 4 N–H and O–H groups in total. The molecule has 0 aliphatic carbocycles. The lowest BCUT2D eigenvalue weighted by atomic mass is 10.0. The molecule has 4 aliphatic heterocycles. The Balaban J connectivity index is 1.31. The van der Waals surface area contributed by atoms with Crippen molar-refractivity contribution >= 4 is 92.7 Å². The van der Waals surface area contributed by atoms with Crippen LogP contribution in [0.3, 0.4) is 0 Å². The second-order valence-corrected chi connectivity index (χ2v) is 24.5. The van der Waals surface area contributed by atoms with Crippen molar-refractivity contribution in [3.8, 4) is 11.1 Å². The summed E-state index contributed by atoms with van der Waals surface area (Å²) in [6, 6.07) is 18.6. The van der Waals surface area contributed by atoms with Gasteiger partial charge in [0, 0.05) is 88.6 Å². The standard InChI is InChI=1S/C76H98N8/c1-7-13-19-25-31-53-59-37-41-63(77-59)55(33-27-21-15-9-3)67-45-49-71(81-67)75(72-50-46-68(82-72)56(34-28-22-16-10-4)64-42-38-60(53)78-64)76-73-51-47-69(83-73)57(35-29-23-17-11-5)65-43-39-61(79-65)54(32-26-20-14-8-2)62-40-44-66(80-62)58(36-30-24-18-12-6)70-48-52-74(76)84-70/h37-52,77,79,82,84H,7-36H2,1-6H3. The lowest BCUT2D eigenvalue weighted by molar-refractivity contribution is 0.666. The number of aromatic amines is 4. The third-order valence-corrected chi connectivity index (χ3v) is 18.1. The average Bonchev–Trinajstić information content (AvgIpc) is 4.27. The first-order valence-corrected chi connectivity index (χ1v) is 33.7. The van der Waals surface area contributed by atoms with Gasteiger partial charge in [-0.3, -0.25) is 0 Å². The van der Waals surface area contributed by atoms with E-state index in [9.17, 15) is 0 Å². The second-order valence-electron chi connectivity index (χ2n) is 24.5. The topological polar surface area (TPSA) is 115 Å². The zero-order chi connectivity index (χ0) is 58.0. The van der Waals surface area contributed by atoms with Gasteiger partial charge in [-0.15, -0.1) is 0 Å². The van der Waals surface area contributed by atoms with Crippen LogP contribution in [0.5, 0.6) is 0 Å². The fourth-order valence-corrected chi connectivity index (χ4v) is 13.2. The molecule has 16 bridgehead atoms. The Morgan fingerprint density at radius 2 is 0.393 bits per heavy atom. The molecule has 6 aromatic heterocycles. The van der Waals surface area contributed by atoms with Crippen LogP contribution in [0.15, 0.2) is 48.5 Å². The smallest absolute Gasteiger partial charge is 0.0738 e. The minimum absolute atomic E-state index is 0.931. The number of hydrogen-bond donors (Lipinski definition) is 4. The lowest BCUT2D eigenvalue weighted by Gasteiger charge is -2.08. The molecule has 0 radical (unpaired) electrons. The number of H-pyrrole nitrogens is 4. The second kappa shape index (κ2) is 30.3. The predicted molar refractivity (Wildman–Crippen MR) is 364 cm³/mol. The van der Waals surface area contributed by atoms with Gasteiger partial charge in [-0.25, -0.2) is 19.9 Å². The number of rotatable bonds is 31. The first kappa shape index (κ1) is 60.3. The minimum Gasteiger partial charge on any atom is -0.355 e. The van der Waals surface area contributed by atoms with Crippen LogP contribution in [0.2, 0.25) is 0 Å². The lowest BCUT2D eigenvalue weighted by Crippen LogP contribution is -1.96. The van der Waals surface area contributed by atoms with E-state index in [0.29, 0.717) is 0 Å². The molecule has 0 spiro atoms. The Hall–Kier alpha value is -6.80. The highest BCUT2D eigenvalue weighted by Crippen LogP contribution is 2.39. The maximum absolute atomic E-state index is 5.84. The first-order chi connectivity index (χ1) is 41.4. The molecule has 0 fully saturated rings. The molecule has 442 valence electrons. The molecular formula is C76H98N8. The first-order valence-electron chi connectivity index (χ1n) is 33.7. The van der Waals surface area contributed by atoms with Gasteiger partial charge in [0.1, 0.15) is 0 Å². The average molecular weight is 1120 g/mol. The van der Waals surface area contributed by atoms with Crippen molar-refractivity contribution in [2.45, 2.75) is 234 Å². The molecule has 0 aromatic carbocycles. The van der Waals surface area contributed by atoms with Gasteiger partial charge in [-0.2, -0.15) is 0 Å². The van der Waals surface area contributed by atoms with E-state index in [4.69, 9.17) is 19.9 Å². The van der Waals surface area contributed by atoms with E-state index in [-0.39, 0.29) is 0 Å². The van der Waals surface area contributed by atoms with Crippen LogP contribution in [0.4, 0.5) is 0 Å². The highest BCUT2D eigenvalue weighted by Gasteiger charge is 2.23. The van der Waals surface area contributed by atoms with Gasteiger partial charge in [0.25, 0.3) is 0 Å². The Labute approximate surface area is 502 Å². The number of unbranched alkanes of at least 4 members (excludes halogenated alkanes) is 18. The molecule has 4 aliphatic rings. The quantitative estimate of drug-likeness (QED) is 0.0324. The molecule has 10 heterocycles. The molecule has 10 rings (SSSR count). The van der Waals surface area contributed by atoms with Gasteiger partial charge < -0.3 is 19.9 Å². The molecule has 6 aromatic rings. The fourth-order valence-electron chi connectivity index (χ4n) is 13.2. The van der Waals surface area contributed by atoms with E-state index in [1.807, 2.05) is 0 Å². The molecule has 0 amide bonds. The van der Waals surface area contributed by atoms with Crippen LogP contribution in [-0.4, -0.2) is 39.9 Å². The summed E-state index contributed by atoms with van der Waals surface area (Å²) in [7, 11) is 0. The summed E-state index contributed by atoms with van der Waals surface area (Å²) in [4.78, 5) is 39.2. The Kier molecular flexibility index (Phi) is 21.8. The summed E-state index contributed by atoms with van der Waals surface area (Å²) in [5.74, 6) is 0. The predicted octanol–water partition coefficient (Wildman–Crippen LogP) is 22.0. The molecule has 0 unspecified atom stereocenters. The number of hydrogen-bond acceptors (Lipinski definition) is 4. The summed E-state index contributed by atoms with van der Waals surface area (Å²) in [5, 5.41) is 0. The molecule has 84 heavy (non-hydrogen) atoms. The van der Waals surface area contributed by atoms with Crippen molar-refractivity contribution < 1.29 is 0 Å². The highest BCUT2D eigenvalue weighted by atomic mass is 14.8. The van der Waals surface area contributed by atoms with Gasteiger partial charge in [-0.05, 0) is 174 Å². The van der Waals surface area contributed by atoms with Crippen molar-refractivity contribution in [3.05, 3.63) is 127 Å². The van der Waals surface area contributed by atoms with Crippen LogP contribution in [0.25, 0.3) is 104 Å². The fraction of sp³-hybridized carbons (Fsp3) is 0.474. The van der Waals surface area contributed by atoms with Crippen molar-refractivity contribution in [3.63, 3.8) is 0 Å². The van der Waals surface area contributed by atoms with Gasteiger partial charge in [0.05, 0.1) is 45.6 Å². The third kappa shape index (κ3) is 14.5. The summed E-state index contributed by atoms with van der Waals surface area (Å²) < 4.78 is 0. The van der Waals surface area contributed by atoms with Crippen LogP contribution >= 0.6 is 0 Å². The molecule has 8 heteroatoms. The summed E-state index contributed by atoms with van der Waals surface area (Å²) in [6.07, 6.45) is 52.5. The van der Waals surface area contributed by atoms with Gasteiger partial charge in [0.2, 0.25) is 0 Å². The third-order valence-electron chi connectivity index (χ3n) is 18.1. The molecule has 0 atom stereocenters. The molecular weight excluding hydrogens is 1020 g/mol. The molecule has 0 saturated carbocycles. The summed E-state index contributed by atoms with van der Waals surface area (Å²) >= 11 is 0. The minimum atomic E-state index is 0.931. The number of nitrogens with zero attached hydrogens (tertiary/aromatic N) is 4. The Bertz CT molecular complexity index is 3410. The number of aryl methyl sites for hydroxylation is 6. The Morgan fingerprint density at radius 1 is 0.214 bits per heavy atom. The van der Waals surface area contributed by atoms with Gasteiger partial charge in [0.15, 0.2) is 0 Å². The van der Waals surface area contributed by atoms with Gasteiger partial charge in [-0.1, -0.05) is 157 Å². The van der Waals surface area contributed by atoms with E-state index < -0.39 is 0 Å². The maximum Gasteiger partial charge on any atom is 0.0738 e. The van der Waals surface area contributed by atoms with Crippen molar-refractivity contribution in [2.24, 2.45) is 0 Å². The number of aromatic nitrogens is 8. The zero-order valence-corrected chi connectivity index (χ0v) is 52.2. The normalized spacial score (nSPS) is 12.7. The van der Waals surface area contributed by atoms with Crippen LogP contribution in [0.1, 0.15) is 275 Å². The maximum atomic E-state index is 5.84. The van der Waals surface area contributed by atoms with Crippen LogP contribution < -0.4 is 0 Å². The number of nitrogens with one attached hydrogen (secondary N) is 4. The van der Waals surface area contributed by atoms with E-state index >= 15 is 0 Å². The van der Waals surface area contributed by atoms with Crippen molar-refractivity contribution in [1.29, 1.82) is 0 Å². The SMILES string of the molecule is CCCCCCc1c2nc(c(CCCCCC)c3ccc([nH]3)c(-c3c4nc(c(CCCCCC)c5ccc([nH]5)c(CCCCCC)c5nc(c(CCCCCC)c6ccc3[nH]6)C=C5)C=C4)c3nc(c(CCCCCC)c4ccc1[nH]4)C=C3)C=C2.